The van der Waals surface area contributed by atoms with Crippen LogP contribution in [0.2, 0.25) is 0 Å². The maximum atomic E-state index is 11.4. The first-order valence-corrected chi connectivity index (χ1v) is 8.39. The minimum absolute atomic E-state index is 0.0515. The van der Waals surface area contributed by atoms with E-state index < -0.39 is 10.0 Å². The van der Waals surface area contributed by atoms with Crippen LogP contribution >= 0.6 is 0 Å². The zero-order valence-electron chi connectivity index (χ0n) is 12.9. The van der Waals surface area contributed by atoms with Gasteiger partial charge in [-0.25, -0.2) is 12.7 Å². The molecular weight excluding hydrogens is 264 g/mol. The summed E-state index contributed by atoms with van der Waals surface area (Å²) in [6.45, 7) is 9.73. The Hall–Kier alpha value is -0.820. The van der Waals surface area contributed by atoms with Gasteiger partial charge in [-0.05, 0) is 27.2 Å². The van der Waals surface area contributed by atoms with Gasteiger partial charge in [0.25, 0.3) is 0 Å². The van der Waals surface area contributed by atoms with Crippen LogP contribution in [0, 0.1) is 0 Å². The van der Waals surface area contributed by atoms with Gasteiger partial charge in [0.2, 0.25) is 10.0 Å². The SMILES string of the molecule is CCN(CCCNC(=NC)NC(C)(C)C)S(C)(=O)=O. The van der Waals surface area contributed by atoms with Gasteiger partial charge in [0.1, 0.15) is 0 Å². The first kappa shape index (κ1) is 18.2. The van der Waals surface area contributed by atoms with E-state index in [4.69, 9.17) is 0 Å². The Morgan fingerprint density at radius 3 is 2.26 bits per heavy atom. The third-order valence-corrected chi connectivity index (χ3v) is 3.79. The van der Waals surface area contributed by atoms with E-state index in [1.165, 1.54) is 10.6 Å². The van der Waals surface area contributed by atoms with Crippen LogP contribution in [0.5, 0.6) is 0 Å². The summed E-state index contributed by atoms with van der Waals surface area (Å²) < 4.78 is 24.3. The number of nitrogens with zero attached hydrogens (tertiary/aromatic N) is 2. The summed E-state index contributed by atoms with van der Waals surface area (Å²) in [7, 11) is -1.37. The molecule has 0 heterocycles. The van der Waals surface area contributed by atoms with Crippen LogP contribution in [0.4, 0.5) is 0 Å². The lowest BCUT2D eigenvalue weighted by atomic mass is 10.1. The highest BCUT2D eigenvalue weighted by atomic mass is 32.2. The Morgan fingerprint density at radius 1 is 1.32 bits per heavy atom. The number of sulfonamides is 1. The molecule has 114 valence electrons. The van der Waals surface area contributed by atoms with Gasteiger partial charge in [-0.15, -0.1) is 0 Å². The molecule has 0 aliphatic rings. The molecule has 0 unspecified atom stereocenters. The Labute approximate surface area is 117 Å². The standard InChI is InChI=1S/C12H28N4O2S/c1-7-16(19(6,17)18)10-8-9-14-11(13-5)15-12(2,3)4/h7-10H2,1-6H3,(H2,13,14,15). The van der Waals surface area contributed by atoms with E-state index in [-0.39, 0.29) is 5.54 Å². The van der Waals surface area contributed by atoms with Crippen LogP contribution in [-0.4, -0.2) is 57.2 Å². The molecule has 0 radical (unpaired) electrons. The van der Waals surface area contributed by atoms with Crippen molar-refractivity contribution in [2.24, 2.45) is 4.99 Å². The van der Waals surface area contributed by atoms with Crippen LogP contribution in [0.1, 0.15) is 34.1 Å². The van der Waals surface area contributed by atoms with Gasteiger partial charge >= 0.3 is 0 Å². The summed E-state index contributed by atoms with van der Waals surface area (Å²) in [5.41, 5.74) is -0.0515. The Kier molecular flexibility index (Phi) is 7.36. The zero-order chi connectivity index (χ0) is 15.1. The van der Waals surface area contributed by atoms with Crippen LogP contribution in [0.15, 0.2) is 4.99 Å². The van der Waals surface area contributed by atoms with Crippen molar-refractivity contribution in [1.82, 2.24) is 14.9 Å². The van der Waals surface area contributed by atoms with Crippen molar-refractivity contribution in [1.29, 1.82) is 0 Å². The highest BCUT2D eigenvalue weighted by Crippen LogP contribution is 1.99. The number of rotatable bonds is 6. The fourth-order valence-corrected chi connectivity index (χ4v) is 2.48. The maximum Gasteiger partial charge on any atom is 0.211 e. The van der Waals surface area contributed by atoms with E-state index in [9.17, 15) is 8.42 Å². The lowest BCUT2D eigenvalue weighted by Gasteiger charge is -2.24. The molecular formula is C12H28N4O2S. The highest BCUT2D eigenvalue weighted by molar-refractivity contribution is 7.88. The second kappa shape index (κ2) is 7.69. The second-order valence-electron chi connectivity index (χ2n) is 5.48. The first-order chi connectivity index (χ1) is 8.60. The van der Waals surface area contributed by atoms with Gasteiger partial charge in [-0.3, -0.25) is 4.99 Å². The molecule has 0 aliphatic heterocycles. The minimum atomic E-state index is -3.09. The molecule has 0 bridgehead atoms. The van der Waals surface area contributed by atoms with Gasteiger partial charge in [-0.1, -0.05) is 6.92 Å². The van der Waals surface area contributed by atoms with Crippen LogP contribution in [-0.2, 0) is 10.0 Å². The smallest absolute Gasteiger partial charge is 0.211 e. The molecule has 7 heteroatoms. The van der Waals surface area contributed by atoms with Crippen molar-refractivity contribution in [3.05, 3.63) is 0 Å². The van der Waals surface area contributed by atoms with E-state index in [1.807, 2.05) is 6.92 Å². The van der Waals surface area contributed by atoms with E-state index in [0.29, 0.717) is 19.6 Å². The molecule has 0 rings (SSSR count). The maximum absolute atomic E-state index is 11.4. The Balaban J connectivity index is 4.10. The lowest BCUT2D eigenvalue weighted by molar-refractivity contribution is 0.423. The molecule has 0 aromatic heterocycles. The summed E-state index contributed by atoms with van der Waals surface area (Å²) >= 11 is 0. The number of hydrogen-bond acceptors (Lipinski definition) is 3. The molecule has 0 saturated carbocycles. The summed E-state index contributed by atoms with van der Waals surface area (Å²) in [6, 6.07) is 0. The molecule has 0 saturated heterocycles. The molecule has 0 atom stereocenters. The van der Waals surface area contributed by atoms with E-state index in [2.05, 4.69) is 36.4 Å². The quantitative estimate of drug-likeness (QED) is 0.428. The van der Waals surface area contributed by atoms with Crippen LogP contribution < -0.4 is 10.6 Å². The van der Waals surface area contributed by atoms with Crippen molar-refractivity contribution in [3.8, 4) is 0 Å². The average Bonchev–Trinajstić information content (AvgIpc) is 2.23. The van der Waals surface area contributed by atoms with E-state index in [0.717, 1.165) is 12.4 Å². The average molecular weight is 292 g/mol. The summed E-state index contributed by atoms with van der Waals surface area (Å²) in [6.07, 6.45) is 1.98. The summed E-state index contributed by atoms with van der Waals surface area (Å²) in [4.78, 5) is 4.12. The molecule has 2 N–H and O–H groups in total. The minimum Gasteiger partial charge on any atom is -0.356 e. The topological polar surface area (TPSA) is 73.8 Å². The van der Waals surface area contributed by atoms with Gasteiger partial charge in [0.05, 0.1) is 6.26 Å². The fourth-order valence-electron chi connectivity index (χ4n) is 1.56. The third kappa shape index (κ3) is 8.83. The molecule has 0 aliphatic carbocycles. The van der Waals surface area contributed by atoms with Gasteiger partial charge in [-0.2, -0.15) is 0 Å². The van der Waals surface area contributed by atoms with Crippen molar-refractivity contribution >= 4 is 16.0 Å². The molecule has 0 aromatic rings. The van der Waals surface area contributed by atoms with E-state index in [1.54, 1.807) is 7.05 Å². The number of hydrogen-bond donors (Lipinski definition) is 2. The molecule has 0 amide bonds. The Bertz CT molecular complexity index is 385. The zero-order valence-corrected chi connectivity index (χ0v) is 13.8. The number of aliphatic imine (C=N–C) groups is 1. The summed E-state index contributed by atoms with van der Waals surface area (Å²) in [5, 5.41) is 6.42. The van der Waals surface area contributed by atoms with Crippen molar-refractivity contribution in [2.45, 2.75) is 39.7 Å². The first-order valence-electron chi connectivity index (χ1n) is 6.54. The highest BCUT2D eigenvalue weighted by Gasteiger charge is 2.14. The summed E-state index contributed by atoms with van der Waals surface area (Å²) in [5.74, 6) is 0.731. The van der Waals surface area contributed by atoms with Crippen molar-refractivity contribution in [3.63, 3.8) is 0 Å². The lowest BCUT2D eigenvalue weighted by Crippen LogP contribution is -2.48. The molecule has 0 fully saturated rings. The van der Waals surface area contributed by atoms with Crippen molar-refractivity contribution in [2.75, 3.05) is 32.9 Å². The monoisotopic (exact) mass is 292 g/mol. The molecule has 0 aromatic carbocycles. The van der Waals surface area contributed by atoms with Gasteiger partial charge in [0.15, 0.2) is 5.96 Å². The molecule has 0 spiro atoms. The molecule has 6 nitrogen and oxygen atoms in total. The van der Waals surface area contributed by atoms with Crippen LogP contribution in [0.25, 0.3) is 0 Å². The Morgan fingerprint density at radius 2 is 1.89 bits per heavy atom. The van der Waals surface area contributed by atoms with E-state index >= 15 is 0 Å². The van der Waals surface area contributed by atoms with Crippen LogP contribution in [0.3, 0.4) is 0 Å². The fraction of sp³-hybridized carbons (Fsp3) is 0.917. The predicted octanol–water partition coefficient (Wildman–Crippen LogP) is 0.622. The number of nitrogens with one attached hydrogen (secondary N) is 2. The van der Waals surface area contributed by atoms with Gasteiger partial charge in [0, 0.05) is 32.2 Å². The number of guanidine groups is 1. The third-order valence-electron chi connectivity index (χ3n) is 2.42. The second-order valence-corrected chi connectivity index (χ2v) is 7.46. The normalized spacial score (nSPS) is 13.7. The van der Waals surface area contributed by atoms with Crippen molar-refractivity contribution < 1.29 is 8.42 Å². The molecule has 19 heavy (non-hydrogen) atoms. The predicted molar refractivity (Wildman–Crippen MR) is 81.0 cm³/mol. The van der Waals surface area contributed by atoms with Gasteiger partial charge < -0.3 is 10.6 Å². The largest absolute Gasteiger partial charge is 0.356 e.